The summed E-state index contributed by atoms with van der Waals surface area (Å²) in [5, 5.41) is 0. The van der Waals surface area contributed by atoms with Gasteiger partial charge >= 0.3 is 0 Å². The van der Waals surface area contributed by atoms with Crippen LogP contribution in [-0.2, 0) is 11.0 Å². The first-order valence-corrected chi connectivity index (χ1v) is 7.05. The molecule has 1 N–H and O–H groups in total. The monoisotopic (exact) mass is 249 g/mol. The van der Waals surface area contributed by atoms with Crippen LogP contribution in [0.3, 0.4) is 0 Å². The van der Waals surface area contributed by atoms with Gasteiger partial charge in [-0.1, -0.05) is 36.4 Å². The molecule has 0 saturated heterocycles. The summed E-state index contributed by atoms with van der Waals surface area (Å²) in [5.74, 6) is 0. The third kappa shape index (κ3) is 3.27. The lowest BCUT2D eigenvalue weighted by molar-refractivity contribution is 0.623. The zero-order valence-corrected chi connectivity index (χ0v) is 11.4. The van der Waals surface area contributed by atoms with Crippen LogP contribution in [0.2, 0.25) is 0 Å². The molecule has 1 aliphatic carbocycles. The molecule has 1 aromatic carbocycles. The molecule has 1 aromatic rings. The van der Waals surface area contributed by atoms with Crippen LogP contribution in [-0.4, -0.2) is 8.96 Å². The number of hydrogen-bond acceptors (Lipinski definition) is 1. The Balaban J connectivity index is 2.15. The largest absolute Gasteiger partial charge is 0.242 e. The molecule has 0 fully saturated rings. The highest BCUT2D eigenvalue weighted by molar-refractivity contribution is 7.84. The van der Waals surface area contributed by atoms with E-state index in [9.17, 15) is 4.21 Å². The van der Waals surface area contributed by atoms with Gasteiger partial charge in [0.2, 0.25) is 0 Å². The minimum Gasteiger partial charge on any atom is -0.242 e. The van der Waals surface area contributed by atoms with Gasteiger partial charge in [-0.15, -0.1) is 0 Å². The van der Waals surface area contributed by atoms with Crippen molar-refractivity contribution in [2.45, 2.75) is 38.0 Å². The Labute approximate surface area is 106 Å². The van der Waals surface area contributed by atoms with Crippen LogP contribution < -0.4 is 4.72 Å². The summed E-state index contributed by atoms with van der Waals surface area (Å²) in [6.07, 6.45) is 3.22. The molecule has 0 radical (unpaired) electrons. The third-order valence-corrected chi connectivity index (χ3v) is 4.29. The maximum absolute atomic E-state index is 12.2. The van der Waals surface area contributed by atoms with Gasteiger partial charge in [0, 0.05) is 0 Å². The molecule has 0 amide bonds. The zero-order chi connectivity index (χ0) is 12.5. The maximum Gasteiger partial charge on any atom is 0.0978 e. The standard InChI is InChI=1S/C14H19NOS/c1-14(2,3)17(16)15-13(12-9-10-12)11-7-5-4-6-8-11/h4-9,13,15H,10H2,1-3H3/t13-,17?/m1/s1. The van der Waals surface area contributed by atoms with Crippen molar-refractivity contribution < 1.29 is 4.21 Å². The van der Waals surface area contributed by atoms with Crippen LogP contribution in [0.1, 0.15) is 38.8 Å². The summed E-state index contributed by atoms with van der Waals surface area (Å²) < 4.78 is 15.2. The fourth-order valence-electron chi connectivity index (χ4n) is 1.58. The third-order valence-electron chi connectivity index (χ3n) is 2.72. The lowest BCUT2D eigenvalue weighted by atomic mass is 10.1. The first-order valence-electron chi connectivity index (χ1n) is 5.90. The lowest BCUT2D eigenvalue weighted by Crippen LogP contribution is -2.35. The van der Waals surface area contributed by atoms with Gasteiger partial charge in [-0.05, 0) is 38.3 Å². The molecule has 0 aliphatic heterocycles. The van der Waals surface area contributed by atoms with Crippen LogP contribution in [0.4, 0.5) is 0 Å². The average molecular weight is 249 g/mol. The Morgan fingerprint density at radius 2 is 1.82 bits per heavy atom. The molecule has 1 unspecified atom stereocenters. The highest BCUT2D eigenvalue weighted by atomic mass is 32.2. The second-order valence-electron chi connectivity index (χ2n) is 5.33. The molecule has 0 spiro atoms. The minimum absolute atomic E-state index is 0.108. The van der Waals surface area contributed by atoms with Gasteiger partial charge in [-0.3, -0.25) is 0 Å². The topological polar surface area (TPSA) is 29.1 Å². The maximum atomic E-state index is 12.2. The fourth-order valence-corrected chi connectivity index (χ4v) is 2.44. The van der Waals surface area contributed by atoms with Gasteiger partial charge in [-0.25, -0.2) is 8.93 Å². The van der Waals surface area contributed by atoms with Crippen molar-refractivity contribution in [1.82, 2.24) is 4.72 Å². The van der Waals surface area contributed by atoms with Crippen molar-refractivity contribution >= 4 is 11.0 Å². The van der Waals surface area contributed by atoms with E-state index in [0.717, 1.165) is 6.42 Å². The first-order chi connectivity index (χ1) is 7.98. The molecule has 0 heterocycles. The average Bonchev–Trinajstić information content (AvgIpc) is 3.09. The van der Waals surface area contributed by atoms with Gasteiger partial charge in [0.25, 0.3) is 0 Å². The second-order valence-corrected chi connectivity index (χ2v) is 7.32. The number of allylic oxidation sites excluding steroid dienone is 1. The normalized spacial score (nSPS) is 18.4. The molecular weight excluding hydrogens is 230 g/mol. The van der Waals surface area contributed by atoms with E-state index in [2.05, 4.69) is 22.9 Å². The molecule has 2 nitrogen and oxygen atoms in total. The van der Waals surface area contributed by atoms with Crippen molar-refractivity contribution in [3.63, 3.8) is 0 Å². The van der Waals surface area contributed by atoms with E-state index in [1.807, 2.05) is 39.0 Å². The zero-order valence-electron chi connectivity index (χ0n) is 10.6. The Morgan fingerprint density at radius 1 is 1.24 bits per heavy atom. The first kappa shape index (κ1) is 12.5. The molecular formula is C14H19NOS. The van der Waals surface area contributed by atoms with E-state index in [0.29, 0.717) is 0 Å². The number of nitrogens with one attached hydrogen (secondary N) is 1. The Kier molecular flexibility index (Phi) is 3.50. The summed E-state index contributed by atoms with van der Waals surface area (Å²) in [5.41, 5.74) is 2.53. The van der Waals surface area contributed by atoms with Crippen LogP contribution in [0.5, 0.6) is 0 Å². The van der Waals surface area contributed by atoms with E-state index in [-0.39, 0.29) is 10.8 Å². The van der Waals surface area contributed by atoms with Crippen LogP contribution in [0.25, 0.3) is 0 Å². The van der Waals surface area contributed by atoms with E-state index < -0.39 is 11.0 Å². The van der Waals surface area contributed by atoms with Gasteiger partial charge in [0.1, 0.15) is 0 Å². The van der Waals surface area contributed by atoms with Crippen molar-refractivity contribution in [3.05, 3.63) is 47.5 Å². The van der Waals surface area contributed by atoms with Gasteiger partial charge < -0.3 is 0 Å². The van der Waals surface area contributed by atoms with Crippen molar-refractivity contribution in [3.8, 4) is 0 Å². The minimum atomic E-state index is -1.04. The SMILES string of the molecule is CC(C)(C)S(=O)N[C@@H](C1=CC1)c1ccccc1. The van der Waals surface area contributed by atoms with E-state index >= 15 is 0 Å². The van der Waals surface area contributed by atoms with E-state index in [1.165, 1.54) is 11.1 Å². The van der Waals surface area contributed by atoms with Crippen molar-refractivity contribution in [2.24, 2.45) is 0 Å². The summed E-state index contributed by atoms with van der Waals surface area (Å²) in [7, 11) is -1.04. The smallest absolute Gasteiger partial charge is 0.0978 e. The van der Waals surface area contributed by atoms with Crippen LogP contribution in [0, 0.1) is 0 Å². The molecule has 3 heteroatoms. The molecule has 0 aromatic heterocycles. The van der Waals surface area contributed by atoms with Gasteiger partial charge in [-0.2, -0.15) is 0 Å². The molecule has 1 aliphatic rings. The Morgan fingerprint density at radius 3 is 2.29 bits per heavy atom. The lowest BCUT2D eigenvalue weighted by Gasteiger charge is -2.23. The van der Waals surface area contributed by atoms with E-state index in [4.69, 9.17) is 0 Å². The molecule has 2 rings (SSSR count). The van der Waals surface area contributed by atoms with Crippen molar-refractivity contribution in [2.75, 3.05) is 0 Å². The van der Waals surface area contributed by atoms with Crippen LogP contribution in [0.15, 0.2) is 42.0 Å². The molecule has 2 atom stereocenters. The quantitative estimate of drug-likeness (QED) is 0.816. The highest BCUT2D eigenvalue weighted by Crippen LogP contribution is 2.34. The number of hydrogen-bond donors (Lipinski definition) is 1. The summed E-state index contributed by atoms with van der Waals surface area (Å²) in [6, 6.07) is 10.3. The molecule has 0 bridgehead atoms. The van der Waals surface area contributed by atoms with Crippen LogP contribution >= 0.6 is 0 Å². The van der Waals surface area contributed by atoms with Gasteiger partial charge in [0.15, 0.2) is 0 Å². The Bertz CT molecular complexity index is 445. The highest BCUT2D eigenvalue weighted by Gasteiger charge is 2.28. The second kappa shape index (κ2) is 4.75. The molecule has 17 heavy (non-hydrogen) atoms. The van der Waals surface area contributed by atoms with E-state index in [1.54, 1.807) is 0 Å². The number of benzene rings is 1. The summed E-state index contributed by atoms with van der Waals surface area (Å²) >= 11 is 0. The number of rotatable bonds is 4. The fraction of sp³-hybridized carbons (Fsp3) is 0.429. The van der Waals surface area contributed by atoms with Gasteiger partial charge in [0.05, 0.1) is 21.8 Å². The Hall–Kier alpha value is -0.930. The predicted octanol–water partition coefficient (Wildman–Crippen LogP) is 3.11. The molecule has 0 saturated carbocycles. The summed E-state index contributed by atoms with van der Waals surface area (Å²) in [6.45, 7) is 5.96. The molecule has 92 valence electrons. The van der Waals surface area contributed by atoms with Crippen molar-refractivity contribution in [1.29, 1.82) is 0 Å². The predicted molar refractivity (Wildman–Crippen MR) is 72.9 cm³/mol. The summed E-state index contributed by atoms with van der Waals surface area (Å²) in [4.78, 5) is 0.